The van der Waals surface area contributed by atoms with Crippen LogP contribution in [0.1, 0.15) is 52.6 Å². The number of benzene rings is 1. The van der Waals surface area contributed by atoms with Gasteiger partial charge in [-0.15, -0.1) is 0 Å². The van der Waals surface area contributed by atoms with Crippen LogP contribution in [0, 0.1) is 5.92 Å². The molecule has 0 amide bonds. The number of likely N-dealkylation sites (N-methyl/N-ethyl adjacent to an activating group) is 1. The minimum atomic E-state index is 0.391. The molecule has 0 aliphatic carbocycles. The van der Waals surface area contributed by atoms with Crippen molar-refractivity contribution in [1.29, 1.82) is 0 Å². The average molecular weight is 276 g/mol. The molecule has 1 aromatic carbocycles. The van der Waals surface area contributed by atoms with Crippen LogP contribution in [0.15, 0.2) is 30.3 Å². The van der Waals surface area contributed by atoms with Gasteiger partial charge in [-0.2, -0.15) is 0 Å². The van der Waals surface area contributed by atoms with Gasteiger partial charge in [0, 0.05) is 18.1 Å². The van der Waals surface area contributed by atoms with Gasteiger partial charge in [0.15, 0.2) is 0 Å². The fourth-order valence-corrected chi connectivity index (χ4v) is 2.60. The van der Waals surface area contributed by atoms with Crippen LogP contribution < -0.4 is 5.32 Å². The van der Waals surface area contributed by atoms with Gasteiger partial charge in [0.05, 0.1) is 0 Å². The van der Waals surface area contributed by atoms with Crippen molar-refractivity contribution in [2.24, 2.45) is 5.92 Å². The maximum atomic E-state index is 3.72. The van der Waals surface area contributed by atoms with Gasteiger partial charge in [-0.25, -0.2) is 0 Å². The molecule has 2 heteroatoms. The molecule has 2 nitrogen and oxygen atoms in total. The van der Waals surface area contributed by atoms with Crippen molar-refractivity contribution in [2.45, 2.75) is 59.2 Å². The highest BCUT2D eigenvalue weighted by Crippen LogP contribution is 2.23. The second-order valence-corrected chi connectivity index (χ2v) is 6.23. The first-order valence-corrected chi connectivity index (χ1v) is 7.99. The van der Waals surface area contributed by atoms with E-state index in [2.05, 4.69) is 82.2 Å². The third kappa shape index (κ3) is 4.60. The number of nitrogens with one attached hydrogen (secondary N) is 1. The van der Waals surface area contributed by atoms with Crippen LogP contribution in [0.3, 0.4) is 0 Å². The summed E-state index contributed by atoms with van der Waals surface area (Å²) in [5.41, 5.74) is 1.39. The normalized spacial score (nSPS) is 16.4. The Morgan fingerprint density at radius 1 is 1.00 bits per heavy atom. The second kappa shape index (κ2) is 8.43. The van der Waals surface area contributed by atoms with E-state index in [-0.39, 0.29) is 0 Å². The van der Waals surface area contributed by atoms with E-state index in [0.29, 0.717) is 24.0 Å². The predicted molar refractivity (Wildman–Crippen MR) is 89.0 cm³/mol. The molecular weight excluding hydrogens is 244 g/mol. The fraction of sp³-hybridized carbons (Fsp3) is 0.667. The standard InChI is InChI=1S/C18H32N2/c1-7-13-19-18(17-11-9-8-10-12-17)16(5)20(6)15(4)14(2)3/h8-12,14-16,18-19H,7,13H2,1-6H3. The zero-order valence-corrected chi connectivity index (χ0v) is 14.1. The minimum Gasteiger partial charge on any atom is -0.309 e. The molecule has 0 heterocycles. The lowest BCUT2D eigenvalue weighted by molar-refractivity contribution is 0.129. The highest BCUT2D eigenvalue weighted by Gasteiger charge is 2.26. The molecule has 0 bridgehead atoms. The van der Waals surface area contributed by atoms with E-state index in [4.69, 9.17) is 0 Å². The summed E-state index contributed by atoms with van der Waals surface area (Å²) in [6, 6.07) is 12.3. The van der Waals surface area contributed by atoms with Crippen LogP contribution in [0.25, 0.3) is 0 Å². The molecule has 1 N–H and O–H groups in total. The van der Waals surface area contributed by atoms with E-state index in [1.807, 2.05) is 0 Å². The van der Waals surface area contributed by atoms with Crippen LogP contribution in [0.4, 0.5) is 0 Å². The lowest BCUT2D eigenvalue weighted by atomic mass is 9.96. The van der Waals surface area contributed by atoms with Crippen molar-refractivity contribution in [1.82, 2.24) is 10.2 Å². The first kappa shape index (κ1) is 17.2. The molecule has 0 radical (unpaired) electrons. The molecule has 0 saturated heterocycles. The van der Waals surface area contributed by atoms with Crippen LogP contribution in [0.2, 0.25) is 0 Å². The summed E-state index contributed by atoms with van der Waals surface area (Å²) in [5.74, 6) is 0.671. The van der Waals surface area contributed by atoms with Gasteiger partial charge in [-0.1, -0.05) is 51.1 Å². The quantitative estimate of drug-likeness (QED) is 0.769. The summed E-state index contributed by atoms with van der Waals surface area (Å²) < 4.78 is 0. The van der Waals surface area contributed by atoms with Crippen molar-refractivity contribution in [3.63, 3.8) is 0 Å². The van der Waals surface area contributed by atoms with E-state index in [1.54, 1.807) is 0 Å². The molecule has 1 aromatic rings. The largest absolute Gasteiger partial charge is 0.309 e. The molecule has 0 spiro atoms. The lowest BCUT2D eigenvalue weighted by Crippen LogP contribution is -2.46. The Balaban J connectivity index is 2.87. The topological polar surface area (TPSA) is 15.3 Å². The Morgan fingerprint density at radius 3 is 2.10 bits per heavy atom. The van der Waals surface area contributed by atoms with Gasteiger partial charge in [-0.05, 0) is 45.3 Å². The van der Waals surface area contributed by atoms with Gasteiger partial charge >= 0.3 is 0 Å². The van der Waals surface area contributed by atoms with E-state index < -0.39 is 0 Å². The maximum Gasteiger partial charge on any atom is 0.0475 e. The molecule has 3 atom stereocenters. The SMILES string of the molecule is CCCNC(c1ccccc1)C(C)N(C)C(C)C(C)C. The van der Waals surface area contributed by atoms with Gasteiger partial charge in [0.2, 0.25) is 0 Å². The Bertz CT molecular complexity index is 361. The summed E-state index contributed by atoms with van der Waals surface area (Å²) in [6.45, 7) is 12.5. The number of hydrogen-bond donors (Lipinski definition) is 1. The molecule has 114 valence electrons. The van der Waals surface area contributed by atoms with Crippen molar-refractivity contribution < 1.29 is 0 Å². The number of nitrogens with zero attached hydrogens (tertiary/aromatic N) is 1. The highest BCUT2D eigenvalue weighted by molar-refractivity contribution is 5.20. The Hall–Kier alpha value is -0.860. The summed E-state index contributed by atoms with van der Waals surface area (Å²) >= 11 is 0. The molecular formula is C18H32N2. The molecule has 0 aliphatic rings. The summed E-state index contributed by atoms with van der Waals surface area (Å²) in [5, 5.41) is 3.72. The first-order chi connectivity index (χ1) is 9.49. The average Bonchev–Trinajstić information content (AvgIpc) is 2.46. The smallest absolute Gasteiger partial charge is 0.0475 e. The predicted octanol–water partition coefficient (Wildman–Crippen LogP) is 4.09. The molecule has 0 aromatic heterocycles. The third-order valence-corrected chi connectivity index (χ3v) is 4.50. The highest BCUT2D eigenvalue weighted by atomic mass is 15.2. The zero-order valence-electron chi connectivity index (χ0n) is 14.1. The second-order valence-electron chi connectivity index (χ2n) is 6.23. The Morgan fingerprint density at radius 2 is 1.60 bits per heavy atom. The van der Waals surface area contributed by atoms with Crippen molar-refractivity contribution in [3.8, 4) is 0 Å². The van der Waals surface area contributed by atoms with Crippen LogP contribution in [0.5, 0.6) is 0 Å². The maximum absolute atomic E-state index is 3.72. The van der Waals surface area contributed by atoms with Crippen LogP contribution in [-0.4, -0.2) is 30.6 Å². The zero-order chi connectivity index (χ0) is 15.1. The van der Waals surface area contributed by atoms with Gasteiger partial charge < -0.3 is 5.32 Å². The van der Waals surface area contributed by atoms with E-state index >= 15 is 0 Å². The lowest BCUT2D eigenvalue weighted by Gasteiger charge is -2.38. The van der Waals surface area contributed by atoms with Crippen molar-refractivity contribution in [2.75, 3.05) is 13.6 Å². The Labute approximate surface area is 125 Å². The summed E-state index contributed by atoms with van der Waals surface area (Å²) in [7, 11) is 2.25. The van der Waals surface area contributed by atoms with Crippen LogP contribution in [-0.2, 0) is 0 Å². The van der Waals surface area contributed by atoms with Gasteiger partial charge in [0.25, 0.3) is 0 Å². The Kier molecular flexibility index (Phi) is 7.25. The number of rotatable bonds is 8. The number of hydrogen-bond acceptors (Lipinski definition) is 2. The monoisotopic (exact) mass is 276 g/mol. The molecule has 20 heavy (non-hydrogen) atoms. The van der Waals surface area contributed by atoms with Crippen molar-refractivity contribution in [3.05, 3.63) is 35.9 Å². The fourth-order valence-electron chi connectivity index (χ4n) is 2.60. The van der Waals surface area contributed by atoms with Gasteiger partial charge in [-0.3, -0.25) is 4.90 Å². The van der Waals surface area contributed by atoms with E-state index in [1.165, 1.54) is 12.0 Å². The van der Waals surface area contributed by atoms with Crippen LogP contribution >= 0.6 is 0 Å². The summed E-state index contributed by atoms with van der Waals surface area (Å²) in [4.78, 5) is 2.50. The molecule has 3 unspecified atom stereocenters. The molecule has 0 fully saturated rings. The molecule has 0 saturated carbocycles. The van der Waals surface area contributed by atoms with E-state index in [0.717, 1.165) is 6.54 Å². The van der Waals surface area contributed by atoms with Crippen molar-refractivity contribution >= 4 is 0 Å². The van der Waals surface area contributed by atoms with Gasteiger partial charge in [0.1, 0.15) is 0 Å². The summed E-state index contributed by atoms with van der Waals surface area (Å²) in [6.07, 6.45) is 1.17. The molecule has 0 aliphatic heterocycles. The molecule has 1 rings (SSSR count). The third-order valence-electron chi connectivity index (χ3n) is 4.50. The van der Waals surface area contributed by atoms with E-state index in [9.17, 15) is 0 Å². The first-order valence-electron chi connectivity index (χ1n) is 7.99. The minimum absolute atomic E-state index is 0.391.